The van der Waals surface area contributed by atoms with Crippen molar-refractivity contribution in [3.63, 3.8) is 0 Å². The Bertz CT molecular complexity index is 438. The summed E-state index contributed by atoms with van der Waals surface area (Å²) in [5.41, 5.74) is 2.09. The normalized spacial score (nSPS) is 26.2. The first-order chi connectivity index (χ1) is 8.50. The highest BCUT2D eigenvalue weighted by atomic mass is 16.2. The van der Waals surface area contributed by atoms with Gasteiger partial charge < -0.3 is 10.2 Å². The average molecular weight is 246 g/mol. The molecule has 0 heterocycles. The van der Waals surface area contributed by atoms with E-state index in [0.717, 1.165) is 18.5 Å². The van der Waals surface area contributed by atoms with Crippen LogP contribution in [0.5, 0.6) is 0 Å². The molecule has 1 aromatic rings. The first kappa shape index (κ1) is 13.1. The third kappa shape index (κ3) is 2.15. The molecule has 1 saturated carbocycles. The van der Waals surface area contributed by atoms with Gasteiger partial charge in [-0.05, 0) is 38.9 Å². The predicted molar refractivity (Wildman–Crippen MR) is 73.6 cm³/mol. The molecule has 0 radical (unpaired) electrons. The molecule has 1 fully saturated rings. The summed E-state index contributed by atoms with van der Waals surface area (Å²) < 4.78 is 0. The number of carbonyl (C=O) groups excluding carboxylic acids is 1. The lowest BCUT2D eigenvalue weighted by molar-refractivity contribution is -0.123. The zero-order chi connectivity index (χ0) is 13.3. The van der Waals surface area contributed by atoms with Crippen molar-refractivity contribution in [2.24, 2.45) is 5.92 Å². The minimum atomic E-state index is -0.299. The second-order valence-corrected chi connectivity index (χ2v) is 5.58. The summed E-state index contributed by atoms with van der Waals surface area (Å²) in [5, 5.41) is 2.83. The van der Waals surface area contributed by atoms with E-state index in [1.165, 1.54) is 5.56 Å². The van der Waals surface area contributed by atoms with Crippen LogP contribution in [0.1, 0.15) is 17.5 Å². The minimum absolute atomic E-state index is 0.151. The fraction of sp³-hybridized carbons (Fsp3) is 0.533. The van der Waals surface area contributed by atoms with Gasteiger partial charge in [-0.15, -0.1) is 0 Å². The highest BCUT2D eigenvalue weighted by Crippen LogP contribution is 2.54. The van der Waals surface area contributed by atoms with E-state index in [-0.39, 0.29) is 11.3 Å². The summed E-state index contributed by atoms with van der Waals surface area (Å²) in [7, 11) is 5.84. The Morgan fingerprint density at radius 2 is 2.00 bits per heavy atom. The molecule has 1 aliphatic rings. The lowest BCUT2D eigenvalue weighted by atomic mass is 9.91. The Morgan fingerprint density at radius 1 is 1.39 bits per heavy atom. The van der Waals surface area contributed by atoms with Crippen LogP contribution in [0.2, 0.25) is 0 Å². The van der Waals surface area contributed by atoms with Crippen LogP contribution < -0.4 is 5.32 Å². The second kappa shape index (κ2) is 4.73. The smallest absolute Gasteiger partial charge is 0.230 e. The van der Waals surface area contributed by atoms with E-state index < -0.39 is 0 Å². The zero-order valence-electron chi connectivity index (χ0n) is 11.7. The summed E-state index contributed by atoms with van der Waals surface area (Å²) in [5.74, 6) is 0.577. The van der Waals surface area contributed by atoms with Crippen LogP contribution in [0.25, 0.3) is 0 Å². The SMILES string of the molecule is CNC(=O)[C@]1(c2ccc(C)cc2)C[C@@H]1CN(C)C. The largest absolute Gasteiger partial charge is 0.358 e. The molecule has 0 aliphatic heterocycles. The fourth-order valence-electron chi connectivity index (χ4n) is 2.83. The number of rotatable bonds is 4. The van der Waals surface area contributed by atoms with Gasteiger partial charge in [0.25, 0.3) is 0 Å². The van der Waals surface area contributed by atoms with E-state index in [2.05, 4.69) is 55.5 Å². The third-order valence-corrected chi connectivity index (χ3v) is 3.89. The summed E-state index contributed by atoms with van der Waals surface area (Å²) in [6.07, 6.45) is 0.952. The van der Waals surface area contributed by atoms with Gasteiger partial charge in [0.1, 0.15) is 0 Å². The van der Waals surface area contributed by atoms with E-state index in [1.54, 1.807) is 7.05 Å². The Labute approximate surface area is 109 Å². The van der Waals surface area contributed by atoms with E-state index in [1.807, 2.05) is 0 Å². The molecule has 1 aromatic carbocycles. The monoisotopic (exact) mass is 246 g/mol. The van der Waals surface area contributed by atoms with Crippen molar-refractivity contribution in [3.8, 4) is 0 Å². The van der Waals surface area contributed by atoms with Gasteiger partial charge in [-0.2, -0.15) is 0 Å². The molecule has 1 amide bonds. The first-order valence-electron chi connectivity index (χ1n) is 6.44. The molecular formula is C15H22N2O. The summed E-state index contributed by atoms with van der Waals surface area (Å²) in [4.78, 5) is 14.4. The van der Waals surface area contributed by atoms with Crippen molar-refractivity contribution in [3.05, 3.63) is 35.4 Å². The Kier molecular flexibility index (Phi) is 3.44. The Morgan fingerprint density at radius 3 is 2.50 bits per heavy atom. The van der Waals surface area contributed by atoms with Gasteiger partial charge in [0.05, 0.1) is 5.41 Å². The zero-order valence-corrected chi connectivity index (χ0v) is 11.7. The van der Waals surface area contributed by atoms with Crippen LogP contribution in [0.4, 0.5) is 0 Å². The number of amides is 1. The van der Waals surface area contributed by atoms with E-state index in [9.17, 15) is 4.79 Å². The van der Waals surface area contributed by atoms with Gasteiger partial charge >= 0.3 is 0 Å². The number of hydrogen-bond donors (Lipinski definition) is 1. The fourth-order valence-corrected chi connectivity index (χ4v) is 2.83. The number of nitrogens with zero attached hydrogens (tertiary/aromatic N) is 1. The summed E-state index contributed by atoms with van der Waals surface area (Å²) >= 11 is 0. The molecule has 0 saturated heterocycles. The maximum atomic E-state index is 12.2. The molecule has 18 heavy (non-hydrogen) atoms. The summed E-state index contributed by atoms with van der Waals surface area (Å²) in [6, 6.07) is 8.37. The van der Waals surface area contributed by atoms with Gasteiger partial charge in [-0.3, -0.25) is 4.79 Å². The van der Waals surface area contributed by atoms with Gasteiger partial charge in [0.2, 0.25) is 5.91 Å². The number of benzene rings is 1. The number of aryl methyl sites for hydroxylation is 1. The van der Waals surface area contributed by atoms with Crippen LogP contribution in [0.15, 0.2) is 24.3 Å². The predicted octanol–water partition coefficient (Wildman–Crippen LogP) is 1.56. The molecule has 2 atom stereocenters. The number of likely N-dealkylation sites (N-methyl/N-ethyl adjacent to an activating group) is 1. The molecule has 2 rings (SSSR count). The Balaban J connectivity index is 2.28. The number of carbonyl (C=O) groups is 1. The minimum Gasteiger partial charge on any atom is -0.358 e. The van der Waals surface area contributed by atoms with E-state index in [0.29, 0.717) is 5.92 Å². The highest BCUT2D eigenvalue weighted by molar-refractivity contribution is 5.91. The molecule has 0 bridgehead atoms. The van der Waals surface area contributed by atoms with Gasteiger partial charge in [0.15, 0.2) is 0 Å². The molecule has 98 valence electrons. The average Bonchev–Trinajstić information content (AvgIpc) is 3.03. The van der Waals surface area contributed by atoms with Crippen molar-refractivity contribution in [1.82, 2.24) is 10.2 Å². The van der Waals surface area contributed by atoms with Crippen molar-refractivity contribution < 1.29 is 4.79 Å². The topological polar surface area (TPSA) is 32.3 Å². The molecule has 3 heteroatoms. The highest BCUT2D eigenvalue weighted by Gasteiger charge is 2.60. The van der Waals surface area contributed by atoms with Crippen molar-refractivity contribution in [1.29, 1.82) is 0 Å². The van der Waals surface area contributed by atoms with E-state index in [4.69, 9.17) is 0 Å². The second-order valence-electron chi connectivity index (χ2n) is 5.58. The van der Waals surface area contributed by atoms with Crippen LogP contribution in [0.3, 0.4) is 0 Å². The molecule has 3 nitrogen and oxygen atoms in total. The molecule has 1 N–H and O–H groups in total. The van der Waals surface area contributed by atoms with Crippen LogP contribution in [-0.2, 0) is 10.2 Å². The maximum Gasteiger partial charge on any atom is 0.230 e. The molecule has 0 unspecified atom stereocenters. The molecule has 1 aliphatic carbocycles. The van der Waals surface area contributed by atoms with Gasteiger partial charge in [0, 0.05) is 13.6 Å². The number of hydrogen-bond acceptors (Lipinski definition) is 2. The summed E-state index contributed by atoms with van der Waals surface area (Å²) in [6.45, 7) is 3.03. The lowest BCUT2D eigenvalue weighted by Crippen LogP contribution is -2.35. The van der Waals surface area contributed by atoms with Crippen molar-refractivity contribution >= 4 is 5.91 Å². The number of nitrogens with one attached hydrogen (secondary N) is 1. The molecule has 0 spiro atoms. The van der Waals surface area contributed by atoms with Crippen molar-refractivity contribution in [2.45, 2.75) is 18.8 Å². The Hall–Kier alpha value is -1.35. The molecular weight excluding hydrogens is 224 g/mol. The standard InChI is InChI=1S/C15H22N2O/c1-11-5-7-12(8-6-11)15(14(18)16-2)9-13(15)10-17(3)4/h5-8,13H,9-10H2,1-4H3,(H,16,18)/t13-,15+/m1/s1. The van der Waals surface area contributed by atoms with Crippen LogP contribution >= 0.6 is 0 Å². The van der Waals surface area contributed by atoms with Crippen molar-refractivity contribution in [2.75, 3.05) is 27.7 Å². The van der Waals surface area contributed by atoms with Crippen LogP contribution in [-0.4, -0.2) is 38.5 Å². The maximum absolute atomic E-state index is 12.2. The lowest BCUT2D eigenvalue weighted by Gasteiger charge is -2.18. The van der Waals surface area contributed by atoms with E-state index >= 15 is 0 Å². The quantitative estimate of drug-likeness (QED) is 0.874. The van der Waals surface area contributed by atoms with Gasteiger partial charge in [-0.25, -0.2) is 0 Å². The van der Waals surface area contributed by atoms with Crippen LogP contribution in [0, 0.1) is 12.8 Å². The van der Waals surface area contributed by atoms with Gasteiger partial charge in [-0.1, -0.05) is 29.8 Å². The first-order valence-corrected chi connectivity index (χ1v) is 6.44. The molecule has 0 aromatic heterocycles. The third-order valence-electron chi connectivity index (χ3n) is 3.89.